The van der Waals surface area contributed by atoms with Crippen LogP contribution in [-0.4, -0.2) is 30.6 Å². The molecule has 4 heteroatoms. The van der Waals surface area contributed by atoms with Crippen molar-refractivity contribution >= 4 is 15.9 Å². The van der Waals surface area contributed by atoms with E-state index in [1.54, 1.807) is 0 Å². The number of rotatable bonds is 9. The fourth-order valence-corrected chi connectivity index (χ4v) is 2.95. The van der Waals surface area contributed by atoms with Gasteiger partial charge in [-0.3, -0.25) is 0 Å². The van der Waals surface area contributed by atoms with Crippen LogP contribution in [0.3, 0.4) is 0 Å². The molecule has 0 radical (unpaired) electrons. The zero-order valence-electron chi connectivity index (χ0n) is 13.6. The van der Waals surface area contributed by atoms with Crippen LogP contribution in [0.2, 0.25) is 0 Å². The lowest BCUT2D eigenvalue weighted by Crippen LogP contribution is -2.31. The minimum Gasteiger partial charge on any atom is -0.308 e. The van der Waals surface area contributed by atoms with E-state index in [0.717, 1.165) is 36.1 Å². The third-order valence-electron chi connectivity index (χ3n) is 3.97. The topological polar surface area (TPSA) is 15.3 Å². The summed E-state index contributed by atoms with van der Waals surface area (Å²) in [6.07, 6.45) is 2.28. The number of nitrogens with zero attached hydrogens (tertiary/aromatic N) is 1. The van der Waals surface area contributed by atoms with Crippen LogP contribution in [0.25, 0.3) is 0 Å². The zero-order valence-corrected chi connectivity index (χ0v) is 15.2. The number of hydrogen-bond acceptors (Lipinski definition) is 2. The van der Waals surface area contributed by atoms with Gasteiger partial charge in [0, 0.05) is 22.1 Å². The Morgan fingerprint density at radius 1 is 1.24 bits per heavy atom. The lowest BCUT2D eigenvalue weighted by atomic mass is 10.1. The molecule has 0 saturated carbocycles. The quantitative estimate of drug-likeness (QED) is 0.685. The van der Waals surface area contributed by atoms with Gasteiger partial charge in [-0.25, -0.2) is 4.39 Å². The Morgan fingerprint density at radius 3 is 2.48 bits per heavy atom. The van der Waals surface area contributed by atoms with Crippen molar-refractivity contribution in [3.63, 3.8) is 0 Å². The maximum Gasteiger partial charge on any atom is 0.129 e. The molecule has 0 heterocycles. The second-order valence-electron chi connectivity index (χ2n) is 5.62. The van der Waals surface area contributed by atoms with Gasteiger partial charge in [0.25, 0.3) is 0 Å². The average molecular weight is 359 g/mol. The van der Waals surface area contributed by atoms with E-state index in [9.17, 15) is 4.39 Å². The van der Waals surface area contributed by atoms with Gasteiger partial charge < -0.3 is 10.2 Å². The Labute approximate surface area is 137 Å². The first-order valence-electron chi connectivity index (χ1n) is 7.91. The molecule has 2 atom stereocenters. The molecule has 0 aliphatic heterocycles. The molecule has 0 bridgehead atoms. The zero-order chi connectivity index (χ0) is 15.8. The van der Waals surface area contributed by atoms with Crippen molar-refractivity contribution in [2.45, 2.75) is 52.6 Å². The summed E-state index contributed by atoms with van der Waals surface area (Å²) in [7, 11) is 0. The minimum absolute atomic E-state index is 0.0292. The highest BCUT2D eigenvalue weighted by atomic mass is 79.9. The molecule has 0 saturated heterocycles. The molecule has 1 aromatic carbocycles. The van der Waals surface area contributed by atoms with Crippen molar-refractivity contribution < 1.29 is 4.39 Å². The van der Waals surface area contributed by atoms with E-state index in [2.05, 4.69) is 46.9 Å². The van der Waals surface area contributed by atoms with E-state index < -0.39 is 0 Å². The second kappa shape index (κ2) is 9.54. The molecule has 0 aliphatic carbocycles. The van der Waals surface area contributed by atoms with Crippen LogP contribution in [-0.2, 0) is 0 Å². The van der Waals surface area contributed by atoms with E-state index in [0.29, 0.717) is 6.04 Å². The Morgan fingerprint density at radius 2 is 1.90 bits per heavy atom. The van der Waals surface area contributed by atoms with Crippen molar-refractivity contribution in [2.24, 2.45) is 0 Å². The molecular formula is C17H28BrFN2. The van der Waals surface area contributed by atoms with Crippen LogP contribution in [0.15, 0.2) is 22.7 Å². The number of benzene rings is 1. The monoisotopic (exact) mass is 358 g/mol. The number of halogens is 2. The first-order chi connectivity index (χ1) is 9.97. The normalized spacial score (nSPS) is 14.4. The van der Waals surface area contributed by atoms with E-state index >= 15 is 0 Å². The first-order valence-corrected chi connectivity index (χ1v) is 8.70. The van der Waals surface area contributed by atoms with Crippen LogP contribution in [0.4, 0.5) is 4.39 Å². The van der Waals surface area contributed by atoms with Crippen LogP contribution >= 0.6 is 15.9 Å². The molecule has 0 fully saturated rings. The van der Waals surface area contributed by atoms with Gasteiger partial charge in [-0.15, -0.1) is 0 Å². The van der Waals surface area contributed by atoms with Crippen LogP contribution < -0.4 is 5.32 Å². The van der Waals surface area contributed by atoms with Gasteiger partial charge in [0.1, 0.15) is 5.82 Å². The summed E-state index contributed by atoms with van der Waals surface area (Å²) < 4.78 is 14.7. The molecular weight excluding hydrogens is 331 g/mol. The molecule has 1 N–H and O–H groups in total. The summed E-state index contributed by atoms with van der Waals surface area (Å²) in [6, 6.07) is 5.68. The lowest BCUT2D eigenvalue weighted by Gasteiger charge is -2.23. The summed E-state index contributed by atoms with van der Waals surface area (Å²) in [5, 5.41) is 3.49. The van der Waals surface area contributed by atoms with Gasteiger partial charge in [-0.05, 0) is 58.5 Å². The summed E-state index contributed by atoms with van der Waals surface area (Å²) >= 11 is 3.29. The van der Waals surface area contributed by atoms with Crippen molar-refractivity contribution in [1.29, 1.82) is 0 Å². The van der Waals surface area contributed by atoms with Gasteiger partial charge in [0.15, 0.2) is 0 Å². The molecule has 0 aromatic heterocycles. The predicted molar refractivity (Wildman–Crippen MR) is 92.1 cm³/mol. The average Bonchev–Trinajstić information content (AvgIpc) is 2.43. The summed E-state index contributed by atoms with van der Waals surface area (Å²) in [6.45, 7) is 12.0. The largest absolute Gasteiger partial charge is 0.308 e. The molecule has 2 nitrogen and oxygen atoms in total. The van der Waals surface area contributed by atoms with Crippen LogP contribution in [0.1, 0.15) is 52.1 Å². The Hall–Kier alpha value is -0.450. The highest BCUT2D eigenvalue weighted by molar-refractivity contribution is 9.10. The Bertz CT molecular complexity index is 421. The van der Waals surface area contributed by atoms with E-state index in [1.807, 2.05) is 19.1 Å². The summed E-state index contributed by atoms with van der Waals surface area (Å²) in [5.41, 5.74) is 0.730. The van der Waals surface area contributed by atoms with E-state index in [4.69, 9.17) is 0 Å². The van der Waals surface area contributed by atoms with Crippen molar-refractivity contribution in [3.05, 3.63) is 34.1 Å². The smallest absolute Gasteiger partial charge is 0.129 e. The van der Waals surface area contributed by atoms with E-state index in [-0.39, 0.29) is 11.9 Å². The lowest BCUT2D eigenvalue weighted by molar-refractivity contribution is 0.288. The second-order valence-corrected chi connectivity index (χ2v) is 6.54. The van der Waals surface area contributed by atoms with Crippen molar-refractivity contribution in [1.82, 2.24) is 10.2 Å². The summed E-state index contributed by atoms with van der Waals surface area (Å²) in [5.74, 6) is -0.153. The van der Waals surface area contributed by atoms with Gasteiger partial charge in [0.05, 0.1) is 0 Å². The first kappa shape index (κ1) is 18.6. The van der Waals surface area contributed by atoms with Crippen molar-refractivity contribution in [3.8, 4) is 0 Å². The highest BCUT2D eigenvalue weighted by Crippen LogP contribution is 2.21. The fourth-order valence-electron chi connectivity index (χ4n) is 2.61. The van der Waals surface area contributed by atoms with Crippen LogP contribution in [0.5, 0.6) is 0 Å². The molecule has 1 aromatic rings. The van der Waals surface area contributed by atoms with Gasteiger partial charge in [-0.2, -0.15) is 0 Å². The molecule has 2 unspecified atom stereocenters. The molecule has 21 heavy (non-hydrogen) atoms. The number of nitrogens with one attached hydrogen (secondary N) is 1. The SMILES string of the molecule is CCN(CC)CCCC(C)NC(C)c1ccc(Br)cc1F. The number of hydrogen-bond donors (Lipinski definition) is 1. The third kappa shape index (κ3) is 6.45. The van der Waals surface area contributed by atoms with Crippen molar-refractivity contribution in [2.75, 3.05) is 19.6 Å². The predicted octanol–water partition coefficient (Wildman–Crippen LogP) is 4.75. The summed E-state index contributed by atoms with van der Waals surface area (Å²) in [4.78, 5) is 2.44. The molecule has 0 spiro atoms. The molecule has 0 amide bonds. The molecule has 0 aliphatic rings. The fraction of sp³-hybridized carbons (Fsp3) is 0.647. The van der Waals surface area contributed by atoms with E-state index in [1.165, 1.54) is 12.5 Å². The standard InChI is InChI=1S/C17H28BrFN2/c1-5-21(6-2)11-7-8-13(3)20-14(4)16-10-9-15(18)12-17(16)19/h9-10,12-14,20H,5-8,11H2,1-4H3. The Kier molecular flexibility index (Phi) is 8.45. The van der Waals surface area contributed by atoms with Gasteiger partial charge in [0.2, 0.25) is 0 Å². The highest BCUT2D eigenvalue weighted by Gasteiger charge is 2.13. The maximum absolute atomic E-state index is 13.9. The molecule has 120 valence electrons. The Balaban J connectivity index is 2.41. The van der Waals surface area contributed by atoms with Gasteiger partial charge in [-0.1, -0.05) is 35.8 Å². The third-order valence-corrected chi connectivity index (χ3v) is 4.46. The minimum atomic E-state index is -0.153. The maximum atomic E-state index is 13.9. The molecule has 1 rings (SSSR count). The van der Waals surface area contributed by atoms with Crippen LogP contribution in [0, 0.1) is 5.82 Å². The van der Waals surface area contributed by atoms with Gasteiger partial charge >= 0.3 is 0 Å².